The summed E-state index contributed by atoms with van der Waals surface area (Å²) in [5.41, 5.74) is 1.55. The van der Waals surface area contributed by atoms with Gasteiger partial charge in [-0.15, -0.1) is 0 Å². The minimum atomic E-state index is -0.506. The van der Waals surface area contributed by atoms with Gasteiger partial charge in [0.2, 0.25) is 11.8 Å². The van der Waals surface area contributed by atoms with Crippen LogP contribution in [0.3, 0.4) is 0 Å². The Hall–Kier alpha value is -3.35. The highest BCUT2D eigenvalue weighted by Crippen LogP contribution is 2.32. The molecule has 4 rings (SSSR count). The Morgan fingerprint density at radius 3 is 2.64 bits per heavy atom. The van der Waals surface area contributed by atoms with Gasteiger partial charge in [-0.1, -0.05) is 12.1 Å². The second-order valence-electron chi connectivity index (χ2n) is 6.87. The topological polar surface area (TPSA) is 79.0 Å². The van der Waals surface area contributed by atoms with E-state index in [1.807, 2.05) is 0 Å². The Labute approximate surface area is 162 Å². The van der Waals surface area contributed by atoms with Crippen LogP contribution >= 0.6 is 0 Å². The van der Waals surface area contributed by atoms with Crippen molar-refractivity contribution in [1.29, 1.82) is 0 Å². The van der Waals surface area contributed by atoms with Crippen molar-refractivity contribution in [2.24, 2.45) is 0 Å². The number of ether oxygens (including phenoxy) is 1. The quantitative estimate of drug-likeness (QED) is 0.884. The van der Waals surface area contributed by atoms with Crippen LogP contribution in [0.5, 0.6) is 5.75 Å². The van der Waals surface area contributed by atoms with Crippen LogP contribution < -0.4 is 15.0 Å². The zero-order chi connectivity index (χ0) is 19.7. The zero-order valence-electron chi connectivity index (χ0n) is 15.6. The number of methoxy groups -OCH3 is 1. The first-order chi connectivity index (χ1) is 13.6. The average molecular weight is 379 g/mol. The molecule has 144 valence electrons. The van der Waals surface area contributed by atoms with Gasteiger partial charge < -0.3 is 19.9 Å². The third kappa shape index (κ3) is 3.19. The van der Waals surface area contributed by atoms with Crippen LogP contribution in [0, 0.1) is 0 Å². The maximum atomic E-state index is 13.1. The van der Waals surface area contributed by atoms with Crippen molar-refractivity contribution < 1.29 is 19.1 Å². The summed E-state index contributed by atoms with van der Waals surface area (Å²) in [6.45, 7) is 0.412. The van der Waals surface area contributed by atoms with Crippen molar-refractivity contribution in [3.63, 3.8) is 0 Å². The average Bonchev–Trinajstić information content (AvgIpc) is 3.19. The molecule has 2 aromatic rings. The van der Waals surface area contributed by atoms with E-state index in [-0.39, 0.29) is 24.3 Å². The van der Waals surface area contributed by atoms with Crippen molar-refractivity contribution >= 4 is 29.1 Å². The predicted molar refractivity (Wildman–Crippen MR) is 104 cm³/mol. The summed E-state index contributed by atoms with van der Waals surface area (Å²) in [5.74, 6) is 0.00636. The molecule has 0 bridgehead atoms. The molecular weight excluding hydrogens is 358 g/mol. The van der Waals surface area contributed by atoms with Crippen molar-refractivity contribution in [1.82, 2.24) is 4.90 Å². The molecule has 7 nitrogen and oxygen atoms in total. The largest absolute Gasteiger partial charge is 0.497 e. The monoisotopic (exact) mass is 379 g/mol. The van der Waals surface area contributed by atoms with E-state index >= 15 is 0 Å². The fourth-order valence-electron chi connectivity index (χ4n) is 3.79. The fourth-order valence-corrected chi connectivity index (χ4v) is 3.79. The van der Waals surface area contributed by atoms with Crippen LogP contribution in [-0.2, 0) is 9.59 Å². The third-order valence-electron chi connectivity index (χ3n) is 5.17. The summed E-state index contributed by atoms with van der Waals surface area (Å²) in [5, 5.41) is 2.80. The highest BCUT2D eigenvalue weighted by Gasteiger charge is 2.42. The summed E-state index contributed by atoms with van der Waals surface area (Å²) < 4.78 is 5.11. The van der Waals surface area contributed by atoms with Gasteiger partial charge >= 0.3 is 0 Å². The molecule has 0 aliphatic carbocycles. The first kappa shape index (κ1) is 18.0. The lowest BCUT2D eigenvalue weighted by atomic mass is 10.1. The van der Waals surface area contributed by atoms with Crippen molar-refractivity contribution in [2.45, 2.75) is 18.9 Å². The molecule has 1 atom stereocenters. The minimum Gasteiger partial charge on any atom is -0.497 e. The molecule has 2 aliphatic heterocycles. The van der Waals surface area contributed by atoms with E-state index in [1.54, 1.807) is 60.5 Å². The van der Waals surface area contributed by atoms with Gasteiger partial charge in [0, 0.05) is 12.2 Å². The van der Waals surface area contributed by atoms with Gasteiger partial charge in [0.1, 0.15) is 18.3 Å². The lowest BCUT2D eigenvalue weighted by molar-refractivity contribution is -0.124. The Morgan fingerprint density at radius 2 is 1.89 bits per heavy atom. The van der Waals surface area contributed by atoms with E-state index in [9.17, 15) is 14.4 Å². The van der Waals surface area contributed by atoms with Crippen LogP contribution in [-0.4, -0.2) is 48.9 Å². The van der Waals surface area contributed by atoms with Crippen LogP contribution in [0.1, 0.15) is 23.2 Å². The molecule has 3 amide bonds. The van der Waals surface area contributed by atoms with Crippen LogP contribution in [0.2, 0.25) is 0 Å². The van der Waals surface area contributed by atoms with E-state index in [2.05, 4.69) is 5.32 Å². The lowest BCUT2D eigenvalue weighted by Gasteiger charge is -2.25. The van der Waals surface area contributed by atoms with Gasteiger partial charge in [0.05, 0.1) is 18.4 Å². The number of carbonyl (C=O) groups excluding carboxylic acids is 3. The van der Waals surface area contributed by atoms with Crippen molar-refractivity contribution in [2.75, 3.05) is 30.4 Å². The highest BCUT2D eigenvalue weighted by molar-refractivity contribution is 6.13. The van der Waals surface area contributed by atoms with Crippen molar-refractivity contribution in [3.05, 3.63) is 54.1 Å². The summed E-state index contributed by atoms with van der Waals surface area (Å²) in [4.78, 5) is 41.7. The molecule has 0 radical (unpaired) electrons. The number of nitrogens with zero attached hydrogens (tertiary/aromatic N) is 2. The molecule has 1 N–H and O–H groups in total. The van der Waals surface area contributed by atoms with Crippen LogP contribution in [0.25, 0.3) is 0 Å². The number of hydrogen-bond acceptors (Lipinski definition) is 4. The predicted octanol–water partition coefficient (Wildman–Crippen LogP) is 2.29. The number of anilines is 2. The molecule has 7 heteroatoms. The highest BCUT2D eigenvalue weighted by atomic mass is 16.5. The second-order valence-corrected chi connectivity index (χ2v) is 6.87. The summed E-state index contributed by atoms with van der Waals surface area (Å²) >= 11 is 0. The van der Waals surface area contributed by atoms with Gasteiger partial charge in [-0.25, -0.2) is 0 Å². The molecule has 1 saturated heterocycles. The number of hydrogen-bond donors (Lipinski definition) is 1. The maximum absolute atomic E-state index is 13.1. The van der Waals surface area contributed by atoms with Gasteiger partial charge in [-0.2, -0.15) is 0 Å². The van der Waals surface area contributed by atoms with Crippen LogP contribution in [0.4, 0.5) is 11.4 Å². The van der Waals surface area contributed by atoms with Gasteiger partial charge in [0.25, 0.3) is 5.91 Å². The fraction of sp³-hybridized carbons (Fsp3) is 0.286. The van der Waals surface area contributed by atoms with E-state index in [4.69, 9.17) is 4.74 Å². The number of benzene rings is 2. The number of amides is 3. The smallest absolute Gasteiger partial charge is 0.256 e. The molecule has 2 aromatic carbocycles. The Bertz CT molecular complexity index is 926. The molecule has 2 heterocycles. The Morgan fingerprint density at radius 1 is 1.14 bits per heavy atom. The molecule has 28 heavy (non-hydrogen) atoms. The van der Waals surface area contributed by atoms with Gasteiger partial charge in [0.15, 0.2) is 0 Å². The molecule has 2 aliphatic rings. The first-order valence-electron chi connectivity index (χ1n) is 9.24. The van der Waals surface area contributed by atoms with E-state index in [0.717, 1.165) is 6.42 Å². The Balaban J connectivity index is 1.59. The van der Waals surface area contributed by atoms with E-state index in [1.165, 1.54) is 4.90 Å². The molecule has 0 spiro atoms. The summed E-state index contributed by atoms with van der Waals surface area (Å²) in [6.07, 6.45) is 1.41. The van der Waals surface area contributed by atoms with Gasteiger partial charge in [-0.05, 0) is 49.2 Å². The summed E-state index contributed by atoms with van der Waals surface area (Å²) in [6, 6.07) is 13.4. The number of rotatable bonds is 4. The molecule has 0 aromatic heterocycles. The molecule has 1 fully saturated rings. The number of nitrogens with one attached hydrogen (secondary N) is 1. The summed E-state index contributed by atoms with van der Waals surface area (Å²) in [7, 11) is 1.57. The lowest BCUT2D eigenvalue weighted by Crippen LogP contribution is -2.47. The number of para-hydroxylation sites is 1. The van der Waals surface area contributed by atoms with Gasteiger partial charge in [-0.3, -0.25) is 14.4 Å². The zero-order valence-corrected chi connectivity index (χ0v) is 15.6. The second kappa shape index (κ2) is 7.34. The first-order valence-corrected chi connectivity index (χ1v) is 9.24. The molecule has 1 unspecified atom stereocenters. The normalized spacial score (nSPS) is 18.4. The third-order valence-corrected chi connectivity index (χ3v) is 5.17. The van der Waals surface area contributed by atoms with Crippen molar-refractivity contribution in [3.8, 4) is 5.75 Å². The standard InChI is InChI=1S/C21H21N3O4/c1-28-15-10-8-14(9-11-15)22-19(25)13-24-17-6-3-2-5-16(17)20(26)23-12-4-7-18(23)21(24)27/h2-3,5-6,8-11,18H,4,7,12-13H2,1H3,(H,22,25). The molecule has 0 saturated carbocycles. The Kier molecular flexibility index (Phi) is 4.73. The van der Waals surface area contributed by atoms with E-state index in [0.29, 0.717) is 35.7 Å². The minimum absolute atomic E-state index is 0.149. The number of carbonyl (C=O) groups is 3. The number of fused-ring (bicyclic) bond motifs is 2. The molecular formula is C21H21N3O4. The van der Waals surface area contributed by atoms with Crippen LogP contribution in [0.15, 0.2) is 48.5 Å². The van der Waals surface area contributed by atoms with E-state index < -0.39 is 6.04 Å². The SMILES string of the molecule is COc1ccc(NC(=O)CN2C(=O)C3CCCN3C(=O)c3ccccc32)cc1. The maximum Gasteiger partial charge on any atom is 0.256 e.